The van der Waals surface area contributed by atoms with Gasteiger partial charge < -0.3 is 13.6 Å². The highest BCUT2D eigenvalue weighted by molar-refractivity contribution is 6.82. The van der Waals surface area contributed by atoms with Crippen LogP contribution in [0.25, 0.3) is 0 Å². The Hall–Kier alpha value is -0.219. The minimum atomic E-state index is -2.10. The molecule has 0 aromatic carbocycles. The van der Waals surface area contributed by atoms with Crippen LogP contribution in [-0.2, 0) is 18.4 Å². The molecule has 0 aliphatic rings. The van der Waals surface area contributed by atoms with E-state index < -0.39 is 24.7 Å². The lowest BCUT2D eigenvalue weighted by molar-refractivity contribution is -0.138. The van der Waals surface area contributed by atoms with Gasteiger partial charge in [-0.25, -0.2) is 4.79 Å². The number of hydrogen-bond acceptors (Lipinski definition) is 4. The monoisotopic (exact) mass is 502 g/mol. The molecule has 0 heterocycles. The third-order valence-corrected chi connectivity index (χ3v) is 17.9. The topological polar surface area (TPSA) is 44.8 Å². The summed E-state index contributed by atoms with van der Waals surface area (Å²) in [6, 6.07) is 2.30. The Balaban J connectivity index is 5.45. The van der Waals surface area contributed by atoms with E-state index >= 15 is 0 Å². The molecule has 0 spiro atoms. The molecule has 0 aliphatic heterocycles. The molecule has 7 heteroatoms. The molecule has 1 unspecified atom stereocenters. The van der Waals surface area contributed by atoms with Gasteiger partial charge in [0.25, 0.3) is 0 Å². The maximum atomic E-state index is 11.7. The van der Waals surface area contributed by atoms with E-state index in [1.165, 1.54) is 18.9 Å². The maximum Gasteiger partial charge on any atom is 0.333 e. The highest BCUT2D eigenvalue weighted by Crippen LogP contribution is 2.39. The van der Waals surface area contributed by atoms with Gasteiger partial charge in [-0.05, 0) is 64.8 Å². The molecule has 0 fully saturated rings. The average molecular weight is 503 g/mol. The van der Waals surface area contributed by atoms with Crippen LogP contribution in [-0.4, -0.2) is 48.2 Å². The summed E-state index contributed by atoms with van der Waals surface area (Å²) in [4.78, 5) is 11.7. The zero-order chi connectivity index (χ0) is 25.2. The molecule has 0 aliphatic carbocycles. The van der Waals surface area contributed by atoms with Gasteiger partial charge >= 0.3 is 5.97 Å². The average Bonchev–Trinajstić information content (AvgIpc) is 2.71. The third-order valence-electron chi connectivity index (χ3n) is 7.10. The van der Waals surface area contributed by atoms with Crippen molar-refractivity contribution in [2.75, 3.05) is 6.61 Å². The van der Waals surface area contributed by atoms with E-state index in [2.05, 4.69) is 73.6 Å². The second kappa shape index (κ2) is 13.6. The summed E-state index contributed by atoms with van der Waals surface area (Å²) < 4.78 is 19.5. The first-order chi connectivity index (χ1) is 14.6. The van der Waals surface area contributed by atoms with Gasteiger partial charge in [0.1, 0.15) is 0 Å². The Kier molecular flexibility index (Phi) is 13.5. The summed E-state index contributed by atoms with van der Waals surface area (Å²) in [6.07, 6.45) is 6.43. The first-order valence-electron chi connectivity index (χ1n) is 12.8. The number of unbranched alkanes of at least 4 members (excludes halogenated alkanes) is 1. The SMILES string of the molecule is C=C(C)C(=O)OCCC[Si](C)(C)C(CC)(CC)O[Si](C)(C)C(CC)O[Si](C)(C)CCCC. The predicted molar refractivity (Wildman–Crippen MR) is 147 cm³/mol. The number of rotatable bonds is 17. The number of carbonyl (C=O) groups excluding carboxylic acids is 1. The molecule has 190 valence electrons. The Bertz CT molecular complexity index is 584. The lowest BCUT2D eigenvalue weighted by Crippen LogP contribution is -2.63. The molecule has 0 radical (unpaired) electrons. The van der Waals surface area contributed by atoms with Crippen molar-refractivity contribution >= 4 is 30.7 Å². The summed E-state index contributed by atoms with van der Waals surface area (Å²) in [5, 5.41) is -0.0764. The van der Waals surface area contributed by atoms with Crippen LogP contribution in [0.5, 0.6) is 0 Å². The van der Waals surface area contributed by atoms with Crippen LogP contribution in [0.15, 0.2) is 12.2 Å². The van der Waals surface area contributed by atoms with Crippen molar-refractivity contribution in [3.05, 3.63) is 12.2 Å². The molecule has 0 saturated carbocycles. The zero-order valence-corrected chi connectivity index (χ0v) is 26.3. The van der Waals surface area contributed by atoms with Crippen molar-refractivity contribution in [3.63, 3.8) is 0 Å². The Labute approximate surface area is 203 Å². The van der Waals surface area contributed by atoms with E-state index in [9.17, 15) is 4.79 Å². The van der Waals surface area contributed by atoms with Crippen LogP contribution >= 0.6 is 0 Å². The van der Waals surface area contributed by atoms with Crippen LogP contribution in [0.1, 0.15) is 73.1 Å². The number of hydrogen-bond donors (Lipinski definition) is 0. The molecule has 1 atom stereocenters. The summed E-state index contributed by atoms with van der Waals surface area (Å²) >= 11 is 0. The van der Waals surface area contributed by atoms with Crippen molar-refractivity contribution in [3.8, 4) is 0 Å². The summed E-state index contributed by atoms with van der Waals surface area (Å²) in [5.74, 6) is -0.288. The minimum absolute atomic E-state index is 0.0764. The molecule has 4 nitrogen and oxygen atoms in total. The fourth-order valence-electron chi connectivity index (χ4n) is 4.85. The molecule has 0 amide bonds. The zero-order valence-electron chi connectivity index (χ0n) is 23.3. The van der Waals surface area contributed by atoms with Gasteiger partial charge in [0.15, 0.2) is 8.32 Å². The first-order valence-corrected chi connectivity index (χ1v) is 22.1. The van der Waals surface area contributed by atoms with Crippen molar-refractivity contribution < 1.29 is 18.4 Å². The van der Waals surface area contributed by atoms with Gasteiger partial charge in [0, 0.05) is 10.8 Å². The lowest BCUT2D eigenvalue weighted by atomic mass is 10.2. The molecule has 0 aromatic rings. The van der Waals surface area contributed by atoms with Crippen molar-refractivity contribution in [1.29, 1.82) is 0 Å². The van der Waals surface area contributed by atoms with E-state index in [1.807, 2.05) is 0 Å². The largest absolute Gasteiger partial charge is 0.462 e. The summed E-state index contributed by atoms with van der Waals surface area (Å²) in [5.41, 5.74) is 0.699. The molecular weight excluding hydrogens is 449 g/mol. The van der Waals surface area contributed by atoms with E-state index in [1.54, 1.807) is 6.92 Å². The Morgan fingerprint density at radius 1 is 0.938 bits per heavy atom. The number of esters is 1. The van der Waals surface area contributed by atoms with Gasteiger partial charge in [0.2, 0.25) is 8.32 Å². The standard InChI is InChI=1S/C25H54O4Si3/c1-13-17-21-31(9,10)28-23(14-2)32(11,12)29-25(15-3,16-4)30(7,8)20-18-19-27-24(26)22(5)6/h23H,5,13-21H2,1-4,6-12H3. The summed E-state index contributed by atoms with van der Waals surface area (Å²) in [6.45, 7) is 29.3. The van der Waals surface area contributed by atoms with Crippen LogP contribution < -0.4 is 0 Å². The van der Waals surface area contributed by atoms with E-state index in [0.29, 0.717) is 12.2 Å². The van der Waals surface area contributed by atoms with Gasteiger partial charge in [-0.3, -0.25) is 0 Å². The third kappa shape index (κ3) is 9.57. The number of ether oxygens (including phenoxy) is 1. The number of carbonyl (C=O) groups is 1. The van der Waals surface area contributed by atoms with E-state index in [0.717, 1.165) is 31.7 Å². The van der Waals surface area contributed by atoms with Crippen molar-refractivity contribution in [1.82, 2.24) is 0 Å². The maximum absolute atomic E-state index is 11.7. The molecule has 0 saturated heterocycles. The van der Waals surface area contributed by atoms with E-state index in [4.69, 9.17) is 13.6 Å². The van der Waals surface area contributed by atoms with E-state index in [-0.39, 0.29) is 16.9 Å². The quantitative estimate of drug-likeness (QED) is 0.0878. The first kappa shape index (κ1) is 31.8. The highest BCUT2D eigenvalue weighted by atomic mass is 28.4. The minimum Gasteiger partial charge on any atom is -0.462 e. The van der Waals surface area contributed by atoms with Crippen LogP contribution in [0.4, 0.5) is 0 Å². The molecule has 0 N–H and O–H groups in total. The van der Waals surface area contributed by atoms with Crippen LogP contribution in [0.3, 0.4) is 0 Å². The van der Waals surface area contributed by atoms with Crippen molar-refractivity contribution in [2.45, 2.75) is 135 Å². The van der Waals surface area contributed by atoms with Crippen LogP contribution in [0.2, 0.25) is 51.4 Å². The fraction of sp³-hybridized carbons (Fsp3) is 0.880. The molecule has 32 heavy (non-hydrogen) atoms. The highest BCUT2D eigenvalue weighted by Gasteiger charge is 2.50. The fourth-order valence-corrected chi connectivity index (χ4v) is 16.9. The Morgan fingerprint density at radius 3 is 1.94 bits per heavy atom. The second-order valence-corrected chi connectivity index (χ2v) is 24.7. The molecule has 0 aromatic heterocycles. The summed E-state index contributed by atoms with van der Waals surface area (Å²) in [7, 11) is -5.57. The molecule has 0 rings (SSSR count). The van der Waals surface area contributed by atoms with Crippen LogP contribution in [0, 0.1) is 0 Å². The van der Waals surface area contributed by atoms with Gasteiger partial charge in [-0.2, -0.15) is 0 Å². The van der Waals surface area contributed by atoms with Gasteiger partial charge in [0.05, 0.1) is 20.4 Å². The Morgan fingerprint density at radius 2 is 1.50 bits per heavy atom. The predicted octanol–water partition coefficient (Wildman–Crippen LogP) is 7.86. The van der Waals surface area contributed by atoms with Gasteiger partial charge in [-0.15, -0.1) is 0 Å². The van der Waals surface area contributed by atoms with Crippen molar-refractivity contribution in [2.24, 2.45) is 0 Å². The molecule has 0 bridgehead atoms. The smallest absolute Gasteiger partial charge is 0.333 e. The second-order valence-electron chi connectivity index (χ2n) is 11.2. The normalized spacial score (nSPS) is 14.3. The van der Waals surface area contributed by atoms with Gasteiger partial charge in [-0.1, -0.05) is 66.3 Å². The lowest BCUT2D eigenvalue weighted by Gasteiger charge is -2.51. The molecular formula is C25H54O4Si3.